The maximum absolute atomic E-state index is 12.7. The highest BCUT2D eigenvalue weighted by molar-refractivity contribution is 5.87. The lowest BCUT2D eigenvalue weighted by atomic mass is 10.1. The van der Waals surface area contributed by atoms with Crippen LogP contribution in [0.4, 0.5) is 0 Å². The van der Waals surface area contributed by atoms with Gasteiger partial charge in [0.2, 0.25) is 0 Å². The largest absolute Gasteiger partial charge is 0.493 e. The molecule has 0 aliphatic carbocycles. The maximum Gasteiger partial charge on any atom is 0.349 e. The van der Waals surface area contributed by atoms with Crippen molar-refractivity contribution in [3.05, 3.63) is 104 Å². The van der Waals surface area contributed by atoms with Crippen molar-refractivity contribution in [2.45, 2.75) is 6.61 Å². The van der Waals surface area contributed by atoms with Crippen molar-refractivity contribution in [2.75, 3.05) is 7.11 Å². The van der Waals surface area contributed by atoms with Crippen LogP contribution in [0, 0.1) is 0 Å². The van der Waals surface area contributed by atoms with Crippen LogP contribution in [0.2, 0.25) is 0 Å². The average molecular weight is 445 g/mol. The molecule has 1 heterocycles. The van der Waals surface area contributed by atoms with Gasteiger partial charge in [-0.05, 0) is 42.0 Å². The minimum absolute atomic E-state index is 0.137. The first-order valence-corrected chi connectivity index (χ1v) is 9.88. The Bertz CT molecular complexity index is 1470. The molecule has 0 amide bonds. The summed E-state index contributed by atoms with van der Waals surface area (Å²) >= 11 is 0. The number of nitrogens with one attached hydrogen (secondary N) is 1. The minimum Gasteiger partial charge on any atom is -0.493 e. The van der Waals surface area contributed by atoms with Crippen LogP contribution in [0.1, 0.15) is 21.5 Å². The maximum atomic E-state index is 12.7. The highest BCUT2D eigenvalue weighted by Crippen LogP contribution is 2.31. The number of para-hydroxylation sites is 2. The lowest BCUT2D eigenvalue weighted by Crippen LogP contribution is -2.32. The van der Waals surface area contributed by atoms with Crippen LogP contribution < -0.4 is 20.7 Å². The standard InChI is InChI=1S/C24H19N3O6/c1-32-20-8-4-5-17(21(20)33-14-15-9-11-16(12-10-15)23(29)30)13-25-27-22(28)18-6-2-3-7-19(18)26-24(27)31/h2-13H,14H2,1H3,(H,26,31)(H,29,30). The van der Waals surface area contributed by atoms with Crippen molar-refractivity contribution in [1.29, 1.82) is 0 Å². The van der Waals surface area contributed by atoms with E-state index in [1.54, 1.807) is 54.6 Å². The summed E-state index contributed by atoms with van der Waals surface area (Å²) in [5.41, 5.74) is 0.619. The van der Waals surface area contributed by atoms with E-state index in [0.29, 0.717) is 28.0 Å². The first-order valence-electron chi connectivity index (χ1n) is 9.88. The van der Waals surface area contributed by atoms with Gasteiger partial charge in [0.25, 0.3) is 5.56 Å². The third-order valence-corrected chi connectivity index (χ3v) is 4.91. The highest BCUT2D eigenvalue weighted by Gasteiger charge is 2.11. The SMILES string of the molecule is COc1cccc(C=Nn2c(=O)[nH]c3ccccc3c2=O)c1OCc1ccc(C(=O)O)cc1. The summed E-state index contributed by atoms with van der Waals surface area (Å²) in [6.45, 7) is 0.137. The zero-order valence-electron chi connectivity index (χ0n) is 17.5. The fourth-order valence-corrected chi connectivity index (χ4v) is 3.23. The van der Waals surface area contributed by atoms with E-state index in [0.717, 1.165) is 10.2 Å². The molecule has 0 saturated carbocycles. The van der Waals surface area contributed by atoms with Crippen LogP contribution in [0.3, 0.4) is 0 Å². The molecule has 9 heteroatoms. The number of nitrogens with zero attached hydrogens (tertiary/aromatic N) is 2. The van der Waals surface area contributed by atoms with Gasteiger partial charge in [0.15, 0.2) is 11.5 Å². The lowest BCUT2D eigenvalue weighted by Gasteiger charge is -2.13. The molecular formula is C24H19N3O6. The van der Waals surface area contributed by atoms with Gasteiger partial charge in [0, 0.05) is 5.56 Å². The Morgan fingerprint density at radius 1 is 1.06 bits per heavy atom. The number of aromatic carboxylic acids is 1. The van der Waals surface area contributed by atoms with E-state index in [1.807, 2.05) is 0 Å². The van der Waals surface area contributed by atoms with Crippen LogP contribution in [0.5, 0.6) is 11.5 Å². The Kier molecular flexibility index (Phi) is 6.03. The summed E-state index contributed by atoms with van der Waals surface area (Å²) in [7, 11) is 1.49. The quantitative estimate of drug-likeness (QED) is 0.422. The predicted molar refractivity (Wildman–Crippen MR) is 123 cm³/mol. The lowest BCUT2D eigenvalue weighted by molar-refractivity contribution is 0.0697. The van der Waals surface area contributed by atoms with Gasteiger partial charge in [-0.2, -0.15) is 5.10 Å². The number of aromatic nitrogens is 2. The molecule has 1 aromatic heterocycles. The zero-order valence-corrected chi connectivity index (χ0v) is 17.5. The smallest absolute Gasteiger partial charge is 0.349 e. The summed E-state index contributed by atoms with van der Waals surface area (Å²) in [6.07, 6.45) is 1.34. The van der Waals surface area contributed by atoms with E-state index in [4.69, 9.17) is 14.6 Å². The van der Waals surface area contributed by atoms with E-state index in [1.165, 1.54) is 25.5 Å². The molecule has 9 nitrogen and oxygen atoms in total. The number of aromatic amines is 1. The third-order valence-electron chi connectivity index (χ3n) is 4.91. The van der Waals surface area contributed by atoms with Gasteiger partial charge in [-0.3, -0.25) is 4.79 Å². The topological polar surface area (TPSA) is 123 Å². The monoisotopic (exact) mass is 445 g/mol. The van der Waals surface area contributed by atoms with E-state index in [2.05, 4.69) is 10.1 Å². The summed E-state index contributed by atoms with van der Waals surface area (Å²) in [6, 6.07) is 18.1. The Morgan fingerprint density at radius 3 is 2.55 bits per heavy atom. The molecule has 0 radical (unpaired) electrons. The van der Waals surface area contributed by atoms with Gasteiger partial charge >= 0.3 is 11.7 Å². The molecule has 4 aromatic rings. The van der Waals surface area contributed by atoms with Gasteiger partial charge < -0.3 is 19.6 Å². The predicted octanol–water partition coefficient (Wildman–Crippen LogP) is 2.86. The molecule has 0 fully saturated rings. The first-order chi connectivity index (χ1) is 16.0. The molecule has 0 unspecified atom stereocenters. The number of carboxylic acid groups (broad SMARTS) is 1. The van der Waals surface area contributed by atoms with Crippen LogP contribution in [-0.4, -0.2) is 34.1 Å². The number of carbonyl (C=O) groups is 1. The summed E-state index contributed by atoms with van der Waals surface area (Å²) in [5, 5.41) is 13.4. The minimum atomic E-state index is -1.01. The second-order valence-corrected chi connectivity index (χ2v) is 7.01. The fraction of sp³-hybridized carbons (Fsp3) is 0.0833. The number of fused-ring (bicyclic) bond motifs is 1. The molecule has 33 heavy (non-hydrogen) atoms. The summed E-state index contributed by atoms with van der Waals surface area (Å²) in [4.78, 5) is 38.7. The van der Waals surface area contributed by atoms with Crippen molar-refractivity contribution in [3.63, 3.8) is 0 Å². The van der Waals surface area contributed by atoms with Crippen LogP contribution >= 0.6 is 0 Å². The number of benzene rings is 3. The number of H-pyrrole nitrogens is 1. The Balaban J connectivity index is 1.66. The van der Waals surface area contributed by atoms with Gasteiger partial charge in [0.1, 0.15) is 6.61 Å². The zero-order chi connectivity index (χ0) is 23.4. The first kappa shape index (κ1) is 21.6. The molecule has 2 N–H and O–H groups in total. The van der Waals surface area contributed by atoms with Crippen LogP contribution in [0.15, 0.2) is 81.4 Å². The molecule has 0 atom stereocenters. The van der Waals surface area contributed by atoms with Gasteiger partial charge in [-0.25, -0.2) is 9.59 Å². The van der Waals surface area contributed by atoms with Crippen LogP contribution in [-0.2, 0) is 6.61 Å². The number of hydrogen-bond acceptors (Lipinski definition) is 6. The highest BCUT2D eigenvalue weighted by atomic mass is 16.5. The van der Waals surface area contributed by atoms with E-state index in [-0.39, 0.29) is 12.2 Å². The Hall–Kier alpha value is -4.66. The molecule has 3 aromatic carbocycles. The van der Waals surface area contributed by atoms with Crippen molar-refractivity contribution in [1.82, 2.24) is 9.66 Å². The molecule has 0 bridgehead atoms. The molecule has 0 aliphatic rings. The van der Waals surface area contributed by atoms with E-state index < -0.39 is 17.2 Å². The second kappa shape index (κ2) is 9.23. The number of hydrogen-bond donors (Lipinski definition) is 2. The van der Waals surface area contributed by atoms with Crippen molar-refractivity contribution in [3.8, 4) is 11.5 Å². The molecular weight excluding hydrogens is 426 g/mol. The normalized spacial score (nSPS) is 11.1. The Labute approximate surface area is 187 Å². The van der Waals surface area contributed by atoms with Crippen molar-refractivity contribution in [2.24, 2.45) is 5.10 Å². The number of ether oxygens (including phenoxy) is 2. The van der Waals surface area contributed by atoms with E-state index in [9.17, 15) is 14.4 Å². The van der Waals surface area contributed by atoms with E-state index >= 15 is 0 Å². The van der Waals surface area contributed by atoms with Crippen molar-refractivity contribution < 1.29 is 19.4 Å². The third kappa shape index (κ3) is 4.52. The van der Waals surface area contributed by atoms with Crippen LogP contribution in [0.25, 0.3) is 10.9 Å². The van der Waals surface area contributed by atoms with Crippen molar-refractivity contribution >= 4 is 23.1 Å². The number of methoxy groups -OCH3 is 1. The molecule has 0 spiro atoms. The molecule has 0 aliphatic heterocycles. The Morgan fingerprint density at radius 2 is 1.82 bits per heavy atom. The molecule has 0 saturated heterocycles. The fourth-order valence-electron chi connectivity index (χ4n) is 3.23. The van der Waals surface area contributed by atoms with Gasteiger partial charge in [-0.15, -0.1) is 4.68 Å². The van der Waals surface area contributed by atoms with Gasteiger partial charge in [-0.1, -0.05) is 30.3 Å². The number of rotatable bonds is 7. The molecule has 4 rings (SSSR count). The summed E-state index contributed by atoms with van der Waals surface area (Å²) in [5.74, 6) is -0.221. The number of carboxylic acids is 1. The molecule has 166 valence electrons. The average Bonchev–Trinajstić information content (AvgIpc) is 2.83. The second-order valence-electron chi connectivity index (χ2n) is 7.01. The van der Waals surface area contributed by atoms with Gasteiger partial charge in [0.05, 0.1) is 29.8 Å². The summed E-state index contributed by atoms with van der Waals surface area (Å²) < 4.78 is 12.1.